The average molecular weight is 368 g/mol. The first-order valence-electron chi connectivity index (χ1n) is 1.26. The summed E-state index contributed by atoms with van der Waals surface area (Å²) in [5.74, 6) is 0. The molecule has 0 aromatic rings. The minimum Gasteiger partial charge on any atom is -0.211 e. The van der Waals surface area contributed by atoms with Gasteiger partial charge >= 0.3 is 3.26 Å². The van der Waals surface area contributed by atoms with Crippen molar-refractivity contribution in [3.05, 3.63) is 0 Å². The summed E-state index contributed by atoms with van der Waals surface area (Å²) in [5, 5.41) is 0. The summed E-state index contributed by atoms with van der Waals surface area (Å²) >= 11 is 1.25. The fourth-order valence-electron chi connectivity index (χ4n) is 0. The second kappa shape index (κ2) is 2.48. The smallest absolute Gasteiger partial charge is 0.211 e. The third-order valence-electron chi connectivity index (χ3n) is 0.276. The highest BCUT2D eigenvalue weighted by molar-refractivity contribution is 14.2. The van der Waals surface area contributed by atoms with E-state index in [1.54, 1.807) is 0 Å². The monoisotopic (exact) mass is 368 g/mol. The van der Waals surface area contributed by atoms with E-state index in [2.05, 4.69) is 0 Å². The van der Waals surface area contributed by atoms with E-state index in [1.165, 1.54) is 0 Å². The Kier molecular flexibility index (Phi) is 2.88. The van der Waals surface area contributed by atoms with Crippen molar-refractivity contribution in [2.45, 2.75) is 3.26 Å². The maximum atomic E-state index is 11.6. The van der Waals surface area contributed by atoms with Crippen molar-refractivity contribution < 1.29 is 17.2 Å². The van der Waals surface area contributed by atoms with E-state index >= 15 is 0 Å². The fourth-order valence-corrected chi connectivity index (χ4v) is 0. The summed E-state index contributed by atoms with van der Waals surface area (Å²) in [7, 11) is -4.22. The molecule has 8 heavy (non-hydrogen) atoms. The van der Waals surface area contributed by atoms with Crippen molar-refractivity contribution in [1.29, 1.82) is 0 Å². The van der Waals surface area contributed by atoms with E-state index < -0.39 is 10.3 Å². The molecule has 0 aromatic heterocycles. The number of halogens is 4. The molecule has 0 aromatic carbocycles. The molecule has 0 saturated carbocycles. The van der Waals surface area contributed by atoms with Crippen molar-refractivity contribution in [2.24, 2.45) is 0 Å². The number of hydrogen-bond acceptors (Lipinski definition) is 2. The summed E-state index contributed by atoms with van der Waals surface area (Å²) in [5.41, 5.74) is 0. The van der Waals surface area contributed by atoms with Crippen LogP contribution in [0.4, 0.5) is 8.78 Å². The molecular formula is CF2I2O2S. The Labute approximate surface area is 70.7 Å². The molecule has 0 bridgehead atoms. The highest BCUT2D eigenvalue weighted by Crippen LogP contribution is 2.33. The van der Waals surface area contributed by atoms with Crippen LogP contribution in [0.1, 0.15) is 0 Å². The van der Waals surface area contributed by atoms with Crippen LogP contribution in [0.25, 0.3) is 0 Å². The Morgan fingerprint density at radius 3 is 1.50 bits per heavy atom. The van der Waals surface area contributed by atoms with Crippen LogP contribution in [0.5, 0.6) is 0 Å². The standard InChI is InChI=1S/CF2I2O2S/c2-1(3,4)8(5,6)7. The van der Waals surface area contributed by atoms with Gasteiger partial charge in [0.25, 0.3) is 7.01 Å². The van der Waals surface area contributed by atoms with Crippen molar-refractivity contribution in [2.75, 3.05) is 0 Å². The van der Waals surface area contributed by atoms with Gasteiger partial charge in [0.2, 0.25) is 0 Å². The zero-order chi connectivity index (χ0) is 7.00. The third kappa shape index (κ3) is 2.71. The van der Waals surface area contributed by atoms with Gasteiger partial charge in [-0.05, 0) is 0 Å². The summed E-state index contributed by atoms with van der Waals surface area (Å²) in [6.07, 6.45) is 0. The molecule has 0 N–H and O–H groups in total. The molecule has 2 nitrogen and oxygen atoms in total. The third-order valence-corrected chi connectivity index (χ3v) is 6.76. The molecule has 7 heteroatoms. The van der Waals surface area contributed by atoms with Crippen molar-refractivity contribution in [3.8, 4) is 0 Å². The van der Waals surface area contributed by atoms with E-state index in [1.807, 2.05) is 0 Å². The lowest BCUT2D eigenvalue weighted by molar-refractivity contribution is 0.220. The molecule has 0 unspecified atom stereocenters. The van der Waals surface area contributed by atoms with E-state index in [4.69, 9.17) is 0 Å². The van der Waals surface area contributed by atoms with Gasteiger partial charge in [0.1, 0.15) is 0 Å². The van der Waals surface area contributed by atoms with E-state index in [-0.39, 0.29) is 0 Å². The molecule has 0 radical (unpaired) electrons. The highest BCUT2D eigenvalue weighted by atomic mass is 127. The van der Waals surface area contributed by atoms with Crippen LogP contribution < -0.4 is 0 Å². The average Bonchev–Trinajstić information content (AvgIpc) is 1.25. The lowest BCUT2D eigenvalue weighted by Gasteiger charge is -2.00. The van der Waals surface area contributed by atoms with E-state index in [0.29, 0.717) is 43.8 Å². The first-order chi connectivity index (χ1) is 3.25. The van der Waals surface area contributed by atoms with Gasteiger partial charge in [-0.25, -0.2) is 8.42 Å². The van der Waals surface area contributed by atoms with Gasteiger partial charge in [-0.2, -0.15) is 8.78 Å². The van der Waals surface area contributed by atoms with Gasteiger partial charge < -0.3 is 0 Å². The van der Waals surface area contributed by atoms with Crippen LogP contribution in [0.3, 0.4) is 0 Å². The Bertz CT molecular complexity index is 167. The molecule has 0 rings (SSSR count). The fraction of sp³-hybridized carbons (Fsp3) is 1.00. The minimum atomic E-state index is -4.22. The first-order valence-corrected chi connectivity index (χ1v) is 6.36. The Morgan fingerprint density at radius 2 is 1.50 bits per heavy atom. The van der Waals surface area contributed by atoms with Gasteiger partial charge in [-0.3, -0.25) is 0 Å². The molecule has 0 heterocycles. The lowest BCUT2D eigenvalue weighted by atomic mass is 11.7. The minimum absolute atomic E-state index is 0.555. The lowest BCUT2D eigenvalue weighted by Crippen LogP contribution is -2.13. The maximum absolute atomic E-state index is 11.6. The molecule has 0 fully saturated rings. The van der Waals surface area contributed by atoms with Crippen molar-refractivity contribution in [1.82, 2.24) is 0 Å². The maximum Gasteiger partial charge on any atom is 0.403 e. The Morgan fingerprint density at radius 1 is 1.38 bits per heavy atom. The van der Waals surface area contributed by atoms with E-state index in [9.17, 15) is 17.2 Å². The molecule has 0 saturated heterocycles. The van der Waals surface area contributed by atoms with Crippen LogP contribution in [0.15, 0.2) is 0 Å². The summed E-state index contributed by atoms with van der Waals surface area (Å²) in [6.45, 7) is 0. The zero-order valence-corrected chi connectivity index (χ0v) is 8.37. The SMILES string of the molecule is O=S(=O)(I)C(F)(F)I. The van der Waals surface area contributed by atoms with E-state index in [0.717, 1.165) is 0 Å². The first kappa shape index (κ1) is 9.27. The molecule has 0 amide bonds. The quantitative estimate of drug-likeness (QED) is 0.402. The number of rotatable bonds is 1. The van der Waals surface area contributed by atoms with Gasteiger partial charge in [-0.1, -0.05) is 0 Å². The second-order valence-corrected chi connectivity index (χ2v) is 7.84. The highest BCUT2D eigenvalue weighted by Gasteiger charge is 2.39. The predicted octanol–water partition coefficient (Wildman–Crippen LogP) is 1.74. The van der Waals surface area contributed by atoms with Crippen LogP contribution in [0, 0.1) is 0 Å². The molecule has 0 aliphatic carbocycles. The number of alkyl halides is 3. The molecule has 0 aliphatic rings. The number of hydrogen-bond donors (Lipinski definition) is 0. The molecule has 0 aliphatic heterocycles. The topological polar surface area (TPSA) is 34.1 Å². The Balaban J connectivity index is 4.53. The van der Waals surface area contributed by atoms with Crippen molar-refractivity contribution >= 4 is 50.8 Å². The van der Waals surface area contributed by atoms with Crippen LogP contribution in [0.2, 0.25) is 0 Å². The summed E-state index contributed by atoms with van der Waals surface area (Å²) in [4.78, 5) is 0. The van der Waals surface area contributed by atoms with Gasteiger partial charge in [0.15, 0.2) is 0 Å². The van der Waals surface area contributed by atoms with Gasteiger partial charge in [-0.15, -0.1) is 0 Å². The molecular weight excluding hydrogens is 368 g/mol. The molecule has 0 spiro atoms. The molecule has 0 atom stereocenters. The molecule has 50 valence electrons. The summed E-state index contributed by atoms with van der Waals surface area (Å²) in [6, 6.07) is 0. The van der Waals surface area contributed by atoms with Crippen LogP contribution >= 0.6 is 43.8 Å². The van der Waals surface area contributed by atoms with Gasteiger partial charge in [0.05, 0.1) is 21.2 Å². The summed E-state index contributed by atoms with van der Waals surface area (Å²) < 4.78 is 39.4. The normalized spacial score (nSPS) is 14.0. The largest absolute Gasteiger partial charge is 0.403 e. The second-order valence-electron chi connectivity index (χ2n) is 0.884. The Hall–Kier alpha value is 1.27. The van der Waals surface area contributed by atoms with Crippen molar-refractivity contribution in [3.63, 3.8) is 0 Å². The van der Waals surface area contributed by atoms with Crippen LogP contribution in [-0.2, 0) is 7.01 Å². The zero-order valence-electron chi connectivity index (χ0n) is 3.24. The van der Waals surface area contributed by atoms with Gasteiger partial charge in [0, 0.05) is 22.6 Å². The van der Waals surface area contributed by atoms with Crippen LogP contribution in [-0.4, -0.2) is 11.7 Å². The predicted molar refractivity (Wildman–Crippen MR) is 41.9 cm³/mol.